The number of thiazole rings is 1. The third-order valence-corrected chi connectivity index (χ3v) is 18.1. The van der Waals surface area contributed by atoms with Crippen molar-refractivity contribution in [2.45, 2.75) is 76.8 Å². The number of aromatic hydroxyl groups is 1. The minimum Gasteiger partial charge on any atom is -0.508 e. The summed E-state index contributed by atoms with van der Waals surface area (Å²) in [7, 11) is 3.50. The molecular weight excluding hydrogens is 1120 g/mol. The summed E-state index contributed by atoms with van der Waals surface area (Å²) in [4.78, 5) is 75.3. The van der Waals surface area contributed by atoms with Crippen molar-refractivity contribution in [2.75, 3.05) is 103 Å². The number of rotatable bonds is 25. The minimum absolute atomic E-state index is 0.0104. The first-order valence-corrected chi connectivity index (χ1v) is 30.9. The van der Waals surface area contributed by atoms with Crippen LogP contribution in [0.4, 0.5) is 16.2 Å². The Morgan fingerprint density at radius 2 is 1.58 bits per heavy atom. The molecule has 3 amide bonds. The van der Waals surface area contributed by atoms with Crippen LogP contribution in [0.15, 0.2) is 96.9 Å². The Balaban J connectivity index is 0.689. The Morgan fingerprint density at radius 3 is 2.34 bits per heavy atom. The zero-order valence-electron chi connectivity index (χ0n) is 48.6. The molecule has 3 atom stereocenters. The summed E-state index contributed by atoms with van der Waals surface area (Å²) in [5, 5.41) is 23.8. The minimum atomic E-state index is -0.688. The first kappa shape index (κ1) is 60.8. The lowest BCUT2D eigenvalue weighted by Crippen LogP contribution is -2.48. The van der Waals surface area contributed by atoms with Crippen molar-refractivity contribution in [3.8, 4) is 33.9 Å². The van der Waals surface area contributed by atoms with Crippen LogP contribution in [0.25, 0.3) is 54.8 Å². The molecule has 0 bridgehead atoms. The molecule has 3 aliphatic rings. The Hall–Kier alpha value is -7.29. The topological polar surface area (TPSA) is 192 Å². The number of halogens is 2. The Morgan fingerprint density at radius 1 is 0.847 bits per heavy atom. The van der Waals surface area contributed by atoms with Gasteiger partial charge in [-0.15, -0.1) is 11.3 Å². The number of hydrogen-bond donors (Lipinski definition) is 3. The van der Waals surface area contributed by atoms with E-state index in [0.717, 1.165) is 71.3 Å². The average molecular weight is 1200 g/mol. The van der Waals surface area contributed by atoms with E-state index >= 15 is 4.39 Å². The number of likely N-dealkylation sites (N-methyl/N-ethyl adjacent to an activating group) is 2. The third-order valence-electron chi connectivity index (χ3n) is 16.9. The second-order valence-electron chi connectivity index (χ2n) is 22.2. The number of benzene rings is 5. The highest BCUT2D eigenvalue weighted by molar-refractivity contribution is 7.10. The summed E-state index contributed by atoms with van der Waals surface area (Å²) in [6.07, 6.45) is 8.80. The fourth-order valence-electron chi connectivity index (χ4n) is 12.1. The Kier molecular flexibility index (Phi) is 20.2. The molecule has 3 N–H and O–H groups in total. The highest BCUT2D eigenvalue weighted by Gasteiger charge is 2.40. The number of anilines is 2. The van der Waals surface area contributed by atoms with E-state index < -0.39 is 5.82 Å². The zero-order chi connectivity index (χ0) is 59.6. The van der Waals surface area contributed by atoms with Gasteiger partial charge in [-0.25, -0.2) is 14.4 Å². The maximum absolute atomic E-state index is 17.1. The van der Waals surface area contributed by atoms with E-state index in [1.54, 1.807) is 47.4 Å². The van der Waals surface area contributed by atoms with Crippen LogP contribution in [0.1, 0.15) is 75.8 Å². The van der Waals surface area contributed by atoms with Gasteiger partial charge in [-0.3, -0.25) is 19.2 Å². The van der Waals surface area contributed by atoms with Gasteiger partial charge in [0.25, 0.3) is 0 Å². The van der Waals surface area contributed by atoms with Gasteiger partial charge in [-0.05, 0) is 104 Å². The zero-order valence-corrected chi connectivity index (χ0v) is 50.2. The molecule has 4 heterocycles. The molecular formula is C65H75ClFN9O8S. The van der Waals surface area contributed by atoms with Crippen molar-refractivity contribution in [3.63, 3.8) is 0 Å². The molecule has 7 aromatic rings. The number of carbonyl (C=O) groups excluding carboxylic acids is 4. The molecule has 3 fully saturated rings. The van der Waals surface area contributed by atoms with Crippen LogP contribution in [-0.2, 0) is 28.7 Å². The molecule has 17 nitrogen and oxygen atoms in total. The molecule has 2 aliphatic heterocycles. The first-order valence-electron chi connectivity index (χ1n) is 29.6. The van der Waals surface area contributed by atoms with Crippen molar-refractivity contribution in [2.24, 2.45) is 11.8 Å². The molecule has 0 unspecified atom stereocenters. The SMILES string of the molecule is C=CC(=O)N1CCN(c2nc(NCCC(=O)N(C)CCOCCOCCOc3ccc(-c4csc([C@@H]5CCCN5C(=O)[C@@H](CC(=O)[C@H](C)NC)C5CCCCC5)n4)c4ccccc34)nc3c(F)c(-c4cc(O)cc5ccccc45)c(Cl)cc23)CC1. The highest BCUT2D eigenvalue weighted by Crippen LogP contribution is 2.44. The second kappa shape index (κ2) is 28.3. The monoisotopic (exact) mass is 1200 g/mol. The van der Waals surface area contributed by atoms with E-state index in [4.69, 9.17) is 35.8 Å². The molecule has 2 saturated heterocycles. The van der Waals surface area contributed by atoms with Crippen LogP contribution < -0.4 is 20.3 Å². The van der Waals surface area contributed by atoms with Crippen molar-refractivity contribution >= 4 is 90.7 Å². The van der Waals surface area contributed by atoms with E-state index in [2.05, 4.69) is 33.6 Å². The second-order valence-corrected chi connectivity index (χ2v) is 23.5. The van der Waals surface area contributed by atoms with E-state index in [1.807, 2.05) is 71.3 Å². The third kappa shape index (κ3) is 14.0. The molecule has 2 aromatic heterocycles. The average Bonchev–Trinajstić information content (AvgIpc) is 2.93. The molecule has 85 heavy (non-hydrogen) atoms. The van der Waals surface area contributed by atoms with Crippen LogP contribution in [0, 0.1) is 17.7 Å². The number of amides is 3. The van der Waals surface area contributed by atoms with Gasteiger partial charge >= 0.3 is 0 Å². The number of aromatic nitrogens is 3. The molecule has 10 rings (SSSR count). The summed E-state index contributed by atoms with van der Waals surface area (Å²) in [5.74, 6) is 0.361. The van der Waals surface area contributed by atoms with Crippen LogP contribution in [0.3, 0.4) is 0 Å². The maximum atomic E-state index is 17.1. The number of likely N-dealkylation sites (tertiary alicyclic amines) is 1. The number of nitrogens with one attached hydrogen (secondary N) is 2. The maximum Gasteiger partial charge on any atom is 0.246 e. The number of ketones is 1. The van der Waals surface area contributed by atoms with Gasteiger partial charge < -0.3 is 49.6 Å². The van der Waals surface area contributed by atoms with Crippen LogP contribution in [0.2, 0.25) is 5.02 Å². The first-order chi connectivity index (χ1) is 41.3. The van der Waals surface area contributed by atoms with E-state index in [-0.39, 0.29) is 94.6 Å². The number of phenols is 1. The fourth-order valence-corrected chi connectivity index (χ4v) is 13.3. The molecule has 448 valence electrons. The normalized spacial score (nSPS) is 16.5. The van der Waals surface area contributed by atoms with Gasteiger partial charge in [0.1, 0.15) is 40.2 Å². The number of piperazine rings is 1. The van der Waals surface area contributed by atoms with E-state index in [9.17, 15) is 24.3 Å². The van der Waals surface area contributed by atoms with Gasteiger partial charge in [-0.1, -0.05) is 86.0 Å². The molecule has 1 aliphatic carbocycles. The number of Topliss-reactive ketones (excluding diaryl/α,β-unsaturated/α-hetero) is 1. The number of phenolic OH excluding ortho intramolecular Hbond substituents is 1. The molecule has 1 saturated carbocycles. The Bertz CT molecular complexity index is 3550. The summed E-state index contributed by atoms with van der Waals surface area (Å²) in [6, 6.07) is 23.8. The van der Waals surface area contributed by atoms with Gasteiger partial charge in [0, 0.05) is 98.9 Å². The number of nitrogens with zero attached hydrogens (tertiary/aromatic N) is 7. The lowest BCUT2D eigenvalue weighted by atomic mass is 9.76. The molecule has 5 aromatic carbocycles. The van der Waals surface area contributed by atoms with Crippen LogP contribution >= 0.6 is 22.9 Å². The number of fused-ring (bicyclic) bond motifs is 3. The quantitative estimate of drug-likeness (QED) is 0.0362. The smallest absolute Gasteiger partial charge is 0.246 e. The standard InChI is InChI=1S/C65H75ClFN9O8S/c1-5-57(79)74-26-28-75(29-27-74)62-51-38-52(66)59(50-37-44(77)36-43-16-9-10-17-45(43)50)60(67)61(51)71-65(72-62)69-24-23-58(80)73(4)30-31-82-32-33-83-34-35-84-56-22-21-47(46-18-11-12-19-48(46)56)53-40-85-63(70-53)54-20-13-25-76(54)64(81)49(39-55(78)41(2)68-3)42-14-7-6-8-15-42/h5,9-12,16-19,21-22,36-38,40-42,49,54,68,77H,1,6-8,13-15,20,23-35,39H2,2-4H3,(H,69,71,72)/t41-,49-,54-/m0/s1. The highest BCUT2D eigenvalue weighted by atomic mass is 35.5. The predicted molar refractivity (Wildman–Crippen MR) is 333 cm³/mol. The summed E-state index contributed by atoms with van der Waals surface area (Å²) >= 11 is 8.50. The lowest BCUT2D eigenvalue weighted by molar-refractivity contribution is -0.141. The number of hydrogen-bond acceptors (Lipinski definition) is 15. The van der Waals surface area contributed by atoms with Crippen LogP contribution in [-0.4, -0.2) is 157 Å². The van der Waals surface area contributed by atoms with Crippen LogP contribution in [0.5, 0.6) is 11.5 Å². The molecule has 0 spiro atoms. The van der Waals surface area contributed by atoms with E-state index in [0.29, 0.717) is 99.8 Å². The molecule has 20 heteroatoms. The van der Waals surface area contributed by atoms with Gasteiger partial charge in [0.15, 0.2) is 5.82 Å². The lowest BCUT2D eigenvalue weighted by Gasteiger charge is -2.35. The van der Waals surface area contributed by atoms with Crippen molar-refractivity contribution < 1.29 is 42.9 Å². The van der Waals surface area contributed by atoms with Gasteiger partial charge in [-0.2, -0.15) is 4.98 Å². The predicted octanol–water partition coefficient (Wildman–Crippen LogP) is 10.9. The van der Waals surface area contributed by atoms with Crippen molar-refractivity contribution in [1.82, 2.24) is 35.0 Å². The van der Waals surface area contributed by atoms with Crippen molar-refractivity contribution in [1.29, 1.82) is 0 Å². The number of ether oxygens (including phenoxy) is 3. The van der Waals surface area contributed by atoms with Gasteiger partial charge in [0.2, 0.25) is 23.7 Å². The summed E-state index contributed by atoms with van der Waals surface area (Å²) in [5.41, 5.74) is 2.35. The number of carbonyl (C=O) groups is 4. The summed E-state index contributed by atoms with van der Waals surface area (Å²) in [6.45, 7) is 9.94. The van der Waals surface area contributed by atoms with E-state index in [1.165, 1.54) is 18.6 Å². The van der Waals surface area contributed by atoms with Gasteiger partial charge in [0.05, 0.1) is 49.2 Å². The van der Waals surface area contributed by atoms with Crippen molar-refractivity contribution in [3.05, 3.63) is 113 Å². The Labute approximate surface area is 504 Å². The largest absolute Gasteiger partial charge is 0.508 e. The fraction of sp³-hybridized carbons (Fsp3) is 0.431. The summed E-state index contributed by atoms with van der Waals surface area (Å²) < 4.78 is 35.0. The molecule has 0 radical (unpaired) electrons.